The van der Waals surface area contributed by atoms with Crippen LogP contribution in [0.4, 0.5) is 5.13 Å². The maximum atomic E-state index is 12.7. The number of nitrogens with zero attached hydrogens (tertiary/aromatic N) is 1. The van der Waals surface area contributed by atoms with Gasteiger partial charge in [-0.2, -0.15) is 0 Å². The molecule has 0 unspecified atom stereocenters. The Bertz CT molecular complexity index is 1080. The van der Waals surface area contributed by atoms with E-state index in [0.717, 1.165) is 10.6 Å². The minimum absolute atomic E-state index is 0.272. The molecule has 0 aliphatic rings. The van der Waals surface area contributed by atoms with E-state index in [1.54, 1.807) is 18.2 Å². The Morgan fingerprint density at radius 2 is 1.78 bits per heavy atom. The number of rotatable bonds is 5. The summed E-state index contributed by atoms with van der Waals surface area (Å²) in [7, 11) is 0. The van der Waals surface area contributed by atoms with Gasteiger partial charge in [-0.1, -0.05) is 41.9 Å². The first-order valence-corrected chi connectivity index (χ1v) is 10.1. The predicted molar refractivity (Wildman–Crippen MR) is 111 cm³/mol. The van der Waals surface area contributed by atoms with Crippen LogP contribution in [0.15, 0.2) is 72.1 Å². The van der Waals surface area contributed by atoms with E-state index in [1.165, 1.54) is 22.7 Å². The normalized spacial score (nSPS) is 10.6. The lowest BCUT2D eigenvalue weighted by molar-refractivity contribution is 0.102. The first-order chi connectivity index (χ1) is 13.2. The minimum Gasteiger partial charge on any atom is -0.457 e. The molecule has 2 aromatic carbocycles. The SMILES string of the molecule is O=C(Nc1nc(-c2ccc(Cl)s2)cs1)c1ccccc1Oc1ccccc1. The van der Waals surface area contributed by atoms with Crippen LogP contribution >= 0.6 is 34.3 Å². The fraction of sp³-hybridized carbons (Fsp3) is 0. The molecule has 0 aliphatic carbocycles. The van der Waals surface area contributed by atoms with E-state index in [0.29, 0.717) is 26.5 Å². The number of thiophene rings is 1. The van der Waals surface area contributed by atoms with E-state index in [4.69, 9.17) is 16.3 Å². The maximum Gasteiger partial charge on any atom is 0.261 e. The van der Waals surface area contributed by atoms with Gasteiger partial charge in [-0.3, -0.25) is 10.1 Å². The monoisotopic (exact) mass is 412 g/mol. The average molecular weight is 413 g/mol. The number of aromatic nitrogens is 1. The summed E-state index contributed by atoms with van der Waals surface area (Å²) >= 11 is 8.79. The fourth-order valence-corrected chi connectivity index (χ4v) is 4.20. The van der Waals surface area contributed by atoms with Crippen LogP contribution in [0.2, 0.25) is 4.34 Å². The molecule has 7 heteroatoms. The van der Waals surface area contributed by atoms with Crippen molar-refractivity contribution in [2.45, 2.75) is 0 Å². The van der Waals surface area contributed by atoms with Gasteiger partial charge in [-0.25, -0.2) is 4.98 Å². The molecular weight excluding hydrogens is 400 g/mol. The van der Waals surface area contributed by atoms with Crippen molar-refractivity contribution in [3.8, 4) is 22.1 Å². The molecule has 0 saturated carbocycles. The molecule has 4 aromatic rings. The van der Waals surface area contributed by atoms with Crippen molar-refractivity contribution in [1.82, 2.24) is 4.98 Å². The molecule has 0 fully saturated rings. The molecule has 0 aliphatic heterocycles. The van der Waals surface area contributed by atoms with Gasteiger partial charge >= 0.3 is 0 Å². The third-order valence-electron chi connectivity index (χ3n) is 3.65. The molecule has 4 nitrogen and oxygen atoms in total. The van der Waals surface area contributed by atoms with Gasteiger partial charge in [0.25, 0.3) is 5.91 Å². The molecule has 134 valence electrons. The van der Waals surface area contributed by atoms with Crippen LogP contribution in [-0.2, 0) is 0 Å². The zero-order chi connectivity index (χ0) is 18.6. The van der Waals surface area contributed by atoms with Crippen molar-refractivity contribution < 1.29 is 9.53 Å². The van der Waals surface area contributed by atoms with Crippen molar-refractivity contribution in [3.05, 3.63) is 82.0 Å². The van der Waals surface area contributed by atoms with Gasteiger partial charge in [0.05, 0.1) is 20.5 Å². The molecule has 4 rings (SSSR count). The standard InChI is InChI=1S/C20H13ClN2O2S2/c21-18-11-10-17(27-18)15-12-26-20(22-15)23-19(24)14-8-4-5-9-16(14)25-13-6-2-1-3-7-13/h1-12H,(H,22,23,24). The number of carbonyl (C=O) groups is 1. The van der Waals surface area contributed by atoms with E-state index >= 15 is 0 Å². The first-order valence-electron chi connectivity index (χ1n) is 8.03. The highest BCUT2D eigenvalue weighted by atomic mass is 35.5. The van der Waals surface area contributed by atoms with Gasteiger partial charge in [0.2, 0.25) is 0 Å². The van der Waals surface area contributed by atoms with Gasteiger partial charge < -0.3 is 4.74 Å². The van der Waals surface area contributed by atoms with Crippen LogP contribution in [-0.4, -0.2) is 10.9 Å². The van der Waals surface area contributed by atoms with Crippen molar-refractivity contribution in [3.63, 3.8) is 0 Å². The Balaban J connectivity index is 1.53. The van der Waals surface area contributed by atoms with Crippen LogP contribution in [0.3, 0.4) is 0 Å². The third kappa shape index (κ3) is 4.19. The van der Waals surface area contributed by atoms with Crippen LogP contribution in [0.1, 0.15) is 10.4 Å². The number of hydrogen-bond acceptors (Lipinski definition) is 5. The Hall–Kier alpha value is -2.67. The molecule has 0 spiro atoms. The summed E-state index contributed by atoms with van der Waals surface area (Å²) in [5, 5.41) is 5.26. The molecular formula is C20H13ClN2O2S2. The van der Waals surface area contributed by atoms with Gasteiger partial charge in [0.1, 0.15) is 11.5 Å². The number of carbonyl (C=O) groups excluding carboxylic acids is 1. The lowest BCUT2D eigenvalue weighted by atomic mass is 10.2. The highest BCUT2D eigenvalue weighted by molar-refractivity contribution is 7.20. The molecule has 0 radical (unpaired) electrons. The van der Waals surface area contributed by atoms with E-state index in [2.05, 4.69) is 10.3 Å². The number of anilines is 1. The summed E-state index contributed by atoms with van der Waals surface area (Å²) in [5.41, 5.74) is 1.23. The summed E-state index contributed by atoms with van der Waals surface area (Å²) in [5.74, 6) is 0.888. The Morgan fingerprint density at radius 3 is 2.56 bits per heavy atom. The molecule has 0 atom stereocenters. The molecule has 27 heavy (non-hydrogen) atoms. The molecule has 1 N–H and O–H groups in total. The largest absolute Gasteiger partial charge is 0.457 e. The molecule has 0 saturated heterocycles. The molecule has 2 aromatic heterocycles. The average Bonchev–Trinajstić information content (AvgIpc) is 3.32. The highest BCUT2D eigenvalue weighted by Crippen LogP contribution is 2.33. The van der Waals surface area contributed by atoms with Crippen molar-refractivity contribution >= 4 is 45.3 Å². The molecule has 2 heterocycles. The summed E-state index contributed by atoms with van der Waals surface area (Å²) < 4.78 is 6.56. The maximum absolute atomic E-state index is 12.7. The Morgan fingerprint density at radius 1 is 1.00 bits per heavy atom. The van der Waals surface area contributed by atoms with Crippen LogP contribution in [0.5, 0.6) is 11.5 Å². The van der Waals surface area contributed by atoms with Crippen LogP contribution < -0.4 is 10.1 Å². The number of hydrogen-bond donors (Lipinski definition) is 1. The number of para-hydroxylation sites is 2. The second-order valence-corrected chi connectivity index (χ2v) is 8.08. The number of ether oxygens (including phenoxy) is 1. The Labute approximate surface area is 169 Å². The van der Waals surface area contributed by atoms with Gasteiger partial charge in [-0.15, -0.1) is 22.7 Å². The summed E-state index contributed by atoms with van der Waals surface area (Å²) in [6.07, 6.45) is 0. The van der Waals surface area contributed by atoms with Gasteiger partial charge in [0.15, 0.2) is 5.13 Å². The van der Waals surface area contributed by atoms with Crippen molar-refractivity contribution in [1.29, 1.82) is 0 Å². The Kier molecular flexibility index (Phi) is 5.20. The fourth-order valence-electron chi connectivity index (χ4n) is 2.42. The van der Waals surface area contributed by atoms with E-state index in [1.807, 2.05) is 53.9 Å². The van der Waals surface area contributed by atoms with Crippen LogP contribution in [0, 0.1) is 0 Å². The minimum atomic E-state index is -0.272. The lowest BCUT2D eigenvalue weighted by Crippen LogP contribution is -2.12. The van der Waals surface area contributed by atoms with Gasteiger partial charge in [-0.05, 0) is 36.4 Å². The summed E-state index contributed by atoms with van der Waals surface area (Å²) in [4.78, 5) is 18.2. The topological polar surface area (TPSA) is 51.2 Å². The van der Waals surface area contributed by atoms with Crippen LogP contribution in [0.25, 0.3) is 10.6 Å². The van der Waals surface area contributed by atoms with Crippen molar-refractivity contribution in [2.24, 2.45) is 0 Å². The second kappa shape index (κ2) is 7.92. The zero-order valence-electron chi connectivity index (χ0n) is 13.9. The van der Waals surface area contributed by atoms with E-state index < -0.39 is 0 Å². The van der Waals surface area contributed by atoms with E-state index in [9.17, 15) is 4.79 Å². The van der Waals surface area contributed by atoms with Crippen molar-refractivity contribution in [2.75, 3.05) is 5.32 Å². The predicted octanol–water partition coefficient (Wildman–Crippen LogP) is 6.57. The summed E-state index contributed by atoms with van der Waals surface area (Å²) in [6, 6.07) is 20.2. The number of halogens is 1. The summed E-state index contributed by atoms with van der Waals surface area (Å²) in [6.45, 7) is 0. The molecule has 1 amide bonds. The van der Waals surface area contributed by atoms with E-state index in [-0.39, 0.29) is 5.91 Å². The number of benzene rings is 2. The molecule has 0 bridgehead atoms. The van der Waals surface area contributed by atoms with Gasteiger partial charge in [0, 0.05) is 5.38 Å². The lowest BCUT2D eigenvalue weighted by Gasteiger charge is -2.10. The zero-order valence-corrected chi connectivity index (χ0v) is 16.3. The quantitative estimate of drug-likeness (QED) is 0.403. The second-order valence-electron chi connectivity index (χ2n) is 5.51. The first kappa shape index (κ1) is 17.7. The highest BCUT2D eigenvalue weighted by Gasteiger charge is 2.15. The number of thiazole rings is 1. The number of nitrogens with one attached hydrogen (secondary N) is 1. The number of amides is 1. The third-order valence-corrected chi connectivity index (χ3v) is 5.66. The smallest absolute Gasteiger partial charge is 0.261 e.